The molecule has 9 heteroatoms. The number of amides is 2. The highest BCUT2D eigenvalue weighted by Gasteiger charge is 2.40. The van der Waals surface area contributed by atoms with Gasteiger partial charge in [-0.1, -0.05) is 0 Å². The van der Waals surface area contributed by atoms with Crippen LogP contribution < -0.4 is 0 Å². The van der Waals surface area contributed by atoms with Crippen LogP contribution in [-0.4, -0.2) is 70.5 Å². The van der Waals surface area contributed by atoms with Crippen LogP contribution in [0.15, 0.2) is 0 Å². The molecule has 1 aliphatic heterocycles. The van der Waals surface area contributed by atoms with Crippen LogP contribution in [0.4, 0.5) is 18.0 Å². The predicted octanol–water partition coefficient (Wildman–Crippen LogP) is 0.510. The number of β-amino-alcohol motifs (C(OH)–C–C–N with tert-alkyl or cyclic N) is 1. The minimum Gasteiger partial charge on any atom is -0.480 e. The lowest BCUT2D eigenvalue weighted by molar-refractivity contribution is -0.142. The first kappa shape index (κ1) is 15.5. The van der Waals surface area contributed by atoms with Gasteiger partial charge in [-0.3, -0.25) is 0 Å². The third-order valence-corrected chi connectivity index (χ3v) is 2.87. The van der Waals surface area contributed by atoms with Gasteiger partial charge in [0.05, 0.1) is 12.5 Å². The molecule has 0 aromatic rings. The Morgan fingerprint density at radius 1 is 1.42 bits per heavy atom. The van der Waals surface area contributed by atoms with Crippen molar-refractivity contribution in [2.45, 2.75) is 31.2 Å². The maximum Gasteiger partial charge on any atom is 0.390 e. The van der Waals surface area contributed by atoms with Crippen LogP contribution in [0, 0.1) is 0 Å². The van der Waals surface area contributed by atoms with Crippen LogP contribution in [0.2, 0.25) is 0 Å². The van der Waals surface area contributed by atoms with E-state index in [2.05, 4.69) is 0 Å². The Kier molecular flexibility index (Phi) is 4.61. The second-order valence-corrected chi connectivity index (χ2v) is 4.47. The van der Waals surface area contributed by atoms with Crippen molar-refractivity contribution in [2.24, 2.45) is 0 Å². The van der Waals surface area contributed by atoms with Crippen molar-refractivity contribution in [3.8, 4) is 0 Å². The van der Waals surface area contributed by atoms with E-state index in [0.717, 1.165) is 16.8 Å². The molecular weight excluding hydrogens is 269 g/mol. The minimum atomic E-state index is -4.38. The molecule has 1 saturated heterocycles. The molecule has 0 unspecified atom stereocenters. The minimum absolute atomic E-state index is 0.117. The van der Waals surface area contributed by atoms with Gasteiger partial charge < -0.3 is 20.0 Å². The number of aliphatic hydroxyl groups excluding tert-OH is 1. The first-order valence-corrected chi connectivity index (χ1v) is 5.61. The standard InChI is InChI=1S/C10H15F3N2O4/c1-14(3-2-10(11,12)13)9(19)15-5-6(16)4-7(15)8(17)18/h6-7,16H,2-5H2,1H3,(H,17,18)/t6-,7-/m1/s1. The molecule has 2 amide bonds. The molecule has 0 saturated carbocycles. The van der Waals surface area contributed by atoms with Gasteiger partial charge in [0.25, 0.3) is 0 Å². The van der Waals surface area contributed by atoms with Crippen molar-refractivity contribution in [1.29, 1.82) is 0 Å². The number of aliphatic hydroxyl groups is 1. The highest BCUT2D eigenvalue weighted by molar-refractivity contribution is 5.83. The quantitative estimate of drug-likeness (QED) is 0.791. The Labute approximate surface area is 107 Å². The number of likely N-dealkylation sites (tertiary alicyclic amines) is 1. The van der Waals surface area contributed by atoms with E-state index in [9.17, 15) is 27.9 Å². The average Bonchev–Trinajstić information content (AvgIpc) is 2.66. The van der Waals surface area contributed by atoms with Gasteiger partial charge in [-0.25, -0.2) is 9.59 Å². The van der Waals surface area contributed by atoms with Crippen LogP contribution in [0.3, 0.4) is 0 Å². The third-order valence-electron chi connectivity index (χ3n) is 2.87. The normalized spacial score (nSPS) is 23.5. The van der Waals surface area contributed by atoms with Gasteiger partial charge in [0.2, 0.25) is 0 Å². The summed E-state index contributed by atoms with van der Waals surface area (Å²) in [4.78, 5) is 24.4. The summed E-state index contributed by atoms with van der Waals surface area (Å²) in [7, 11) is 1.16. The average molecular weight is 284 g/mol. The number of carbonyl (C=O) groups is 2. The van der Waals surface area contributed by atoms with Gasteiger partial charge in [0.15, 0.2) is 0 Å². The molecule has 0 aliphatic carbocycles. The number of carboxylic acid groups (broad SMARTS) is 1. The number of aliphatic carboxylic acids is 1. The van der Waals surface area contributed by atoms with Crippen molar-refractivity contribution in [3.05, 3.63) is 0 Å². The lowest BCUT2D eigenvalue weighted by atomic mass is 10.2. The Morgan fingerprint density at radius 2 is 2.00 bits per heavy atom. The van der Waals surface area contributed by atoms with Crippen LogP contribution in [0.5, 0.6) is 0 Å². The lowest BCUT2D eigenvalue weighted by Gasteiger charge is -2.27. The molecule has 110 valence electrons. The summed E-state index contributed by atoms with van der Waals surface area (Å²) < 4.78 is 36.1. The van der Waals surface area contributed by atoms with Crippen LogP contribution in [-0.2, 0) is 4.79 Å². The molecule has 19 heavy (non-hydrogen) atoms. The fourth-order valence-corrected chi connectivity index (χ4v) is 1.87. The Morgan fingerprint density at radius 3 is 2.47 bits per heavy atom. The van der Waals surface area contributed by atoms with E-state index >= 15 is 0 Å². The zero-order chi connectivity index (χ0) is 14.8. The van der Waals surface area contributed by atoms with E-state index in [1.807, 2.05) is 0 Å². The summed E-state index contributed by atoms with van der Waals surface area (Å²) in [6, 6.07) is -2.02. The van der Waals surface area contributed by atoms with Gasteiger partial charge >= 0.3 is 18.2 Å². The number of rotatable bonds is 3. The number of carboxylic acids is 1. The fraction of sp³-hybridized carbons (Fsp3) is 0.800. The van der Waals surface area contributed by atoms with Crippen molar-refractivity contribution in [1.82, 2.24) is 9.80 Å². The lowest BCUT2D eigenvalue weighted by Crippen LogP contribution is -2.47. The smallest absolute Gasteiger partial charge is 0.390 e. The first-order valence-electron chi connectivity index (χ1n) is 5.61. The van der Waals surface area contributed by atoms with E-state index in [-0.39, 0.29) is 13.0 Å². The van der Waals surface area contributed by atoms with E-state index in [4.69, 9.17) is 5.11 Å². The molecule has 0 aromatic heterocycles. The zero-order valence-corrected chi connectivity index (χ0v) is 10.2. The number of carbonyl (C=O) groups excluding carboxylic acids is 1. The summed E-state index contributed by atoms with van der Waals surface area (Å²) in [6.45, 7) is -0.743. The topological polar surface area (TPSA) is 81.1 Å². The zero-order valence-electron chi connectivity index (χ0n) is 10.2. The van der Waals surface area contributed by atoms with Crippen LogP contribution in [0.25, 0.3) is 0 Å². The van der Waals surface area contributed by atoms with Gasteiger partial charge in [-0.15, -0.1) is 0 Å². The van der Waals surface area contributed by atoms with Crippen molar-refractivity contribution in [2.75, 3.05) is 20.1 Å². The molecule has 1 aliphatic rings. The molecule has 6 nitrogen and oxygen atoms in total. The highest BCUT2D eigenvalue weighted by Crippen LogP contribution is 2.22. The number of hydrogen-bond donors (Lipinski definition) is 2. The fourth-order valence-electron chi connectivity index (χ4n) is 1.87. The van der Waals surface area contributed by atoms with E-state index in [0.29, 0.717) is 0 Å². The number of alkyl halides is 3. The molecular formula is C10H15F3N2O4. The van der Waals surface area contributed by atoms with Gasteiger partial charge in [-0.05, 0) is 0 Å². The number of urea groups is 1. The van der Waals surface area contributed by atoms with Gasteiger partial charge in [0, 0.05) is 26.6 Å². The first-order chi connectivity index (χ1) is 8.61. The Balaban J connectivity index is 2.63. The number of halogens is 3. The second kappa shape index (κ2) is 5.64. The largest absolute Gasteiger partial charge is 0.480 e. The predicted molar refractivity (Wildman–Crippen MR) is 57.5 cm³/mol. The summed E-state index contributed by atoms with van der Waals surface area (Å²) >= 11 is 0. The molecule has 0 bridgehead atoms. The molecule has 0 radical (unpaired) electrons. The van der Waals surface area contributed by atoms with E-state index < -0.39 is 43.3 Å². The summed E-state index contributed by atoms with van der Waals surface area (Å²) in [5.41, 5.74) is 0. The number of hydrogen-bond acceptors (Lipinski definition) is 3. The molecule has 1 rings (SSSR count). The monoisotopic (exact) mass is 284 g/mol. The van der Waals surface area contributed by atoms with Gasteiger partial charge in [-0.2, -0.15) is 13.2 Å². The number of nitrogens with zero attached hydrogens (tertiary/aromatic N) is 2. The molecule has 2 N–H and O–H groups in total. The molecule has 1 heterocycles. The maximum atomic E-state index is 12.0. The van der Waals surface area contributed by atoms with Crippen molar-refractivity contribution < 1.29 is 33.0 Å². The molecule has 0 spiro atoms. The van der Waals surface area contributed by atoms with E-state index in [1.54, 1.807) is 0 Å². The summed E-state index contributed by atoms with van der Waals surface area (Å²) in [5, 5.41) is 18.2. The third kappa shape index (κ3) is 4.27. The molecule has 1 fully saturated rings. The highest BCUT2D eigenvalue weighted by atomic mass is 19.4. The van der Waals surface area contributed by atoms with Gasteiger partial charge in [0.1, 0.15) is 6.04 Å². The SMILES string of the molecule is CN(CCC(F)(F)F)C(=O)N1C[C@H](O)C[C@@H]1C(=O)O. The summed E-state index contributed by atoms with van der Waals surface area (Å²) in [5.74, 6) is -1.28. The molecule has 2 atom stereocenters. The van der Waals surface area contributed by atoms with E-state index in [1.165, 1.54) is 0 Å². The Bertz CT molecular complexity index is 361. The summed E-state index contributed by atoms with van der Waals surface area (Å²) in [6.07, 6.45) is -6.64. The van der Waals surface area contributed by atoms with Crippen molar-refractivity contribution >= 4 is 12.0 Å². The maximum absolute atomic E-state index is 12.0. The Hall–Kier alpha value is -1.51. The van der Waals surface area contributed by atoms with Crippen LogP contribution in [0.1, 0.15) is 12.8 Å². The molecule has 0 aromatic carbocycles. The van der Waals surface area contributed by atoms with Crippen LogP contribution >= 0.6 is 0 Å². The van der Waals surface area contributed by atoms with Crippen molar-refractivity contribution in [3.63, 3.8) is 0 Å². The second-order valence-electron chi connectivity index (χ2n) is 4.47.